The summed E-state index contributed by atoms with van der Waals surface area (Å²) < 4.78 is 4.97. The summed E-state index contributed by atoms with van der Waals surface area (Å²) in [5.41, 5.74) is 8.70. The molecule has 5 nitrogen and oxygen atoms in total. The predicted octanol–water partition coefficient (Wildman–Crippen LogP) is 2.69. The topological polar surface area (TPSA) is 81.2 Å². The van der Waals surface area contributed by atoms with Crippen LogP contribution in [0.4, 0.5) is 11.4 Å². The molecule has 0 aliphatic heterocycles. The first-order valence-electron chi connectivity index (χ1n) is 5.84. The Morgan fingerprint density at radius 2 is 2.00 bits per heavy atom. The lowest BCUT2D eigenvalue weighted by Gasteiger charge is -2.01. The molecule has 19 heavy (non-hydrogen) atoms. The highest BCUT2D eigenvalue weighted by Gasteiger charge is 2.04. The third kappa shape index (κ3) is 3.22. The summed E-state index contributed by atoms with van der Waals surface area (Å²) in [5, 5.41) is 6.55. The highest BCUT2D eigenvalue weighted by atomic mass is 16.5. The molecule has 0 spiro atoms. The van der Waals surface area contributed by atoms with Gasteiger partial charge < -0.3 is 15.6 Å². The van der Waals surface area contributed by atoms with Crippen LogP contribution in [0.1, 0.15) is 23.9 Å². The number of hydrogen-bond acceptors (Lipinski definition) is 4. The van der Waals surface area contributed by atoms with Gasteiger partial charge in [-0.25, -0.2) is 0 Å². The minimum Gasteiger partial charge on any atom is -0.394 e. The molecule has 0 fully saturated rings. The Hall–Kier alpha value is -2.56. The SMILES string of the molecule is CC(=O)Nc1ccc(C=Cc2noc(C)c2N)cc1. The molecule has 0 saturated heterocycles. The molecular weight excluding hydrogens is 242 g/mol. The van der Waals surface area contributed by atoms with E-state index in [4.69, 9.17) is 10.3 Å². The number of carbonyl (C=O) groups is 1. The molecule has 1 amide bonds. The molecule has 0 unspecified atom stereocenters. The van der Waals surface area contributed by atoms with Crippen LogP contribution in [-0.2, 0) is 4.79 Å². The lowest BCUT2D eigenvalue weighted by molar-refractivity contribution is -0.114. The van der Waals surface area contributed by atoms with Crippen molar-refractivity contribution < 1.29 is 9.32 Å². The van der Waals surface area contributed by atoms with Gasteiger partial charge in [-0.05, 0) is 30.7 Å². The van der Waals surface area contributed by atoms with Crippen LogP contribution < -0.4 is 11.1 Å². The zero-order chi connectivity index (χ0) is 13.8. The Labute approximate surface area is 111 Å². The van der Waals surface area contributed by atoms with Crippen LogP contribution >= 0.6 is 0 Å². The van der Waals surface area contributed by atoms with Crippen molar-refractivity contribution in [3.05, 3.63) is 41.3 Å². The van der Waals surface area contributed by atoms with E-state index in [0.717, 1.165) is 11.3 Å². The van der Waals surface area contributed by atoms with Gasteiger partial charge >= 0.3 is 0 Å². The van der Waals surface area contributed by atoms with Gasteiger partial charge in [-0.3, -0.25) is 4.79 Å². The molecule has 1 aromatic carbocycles. The van der Waals surface area contributed by atoms with E-state index in [-0.39, 0.29) is 5.91 Å². The van der Waals surface area contributed by atoms with E-state index in [9.17, 15) is 4.79 Å². The Morgan fingerprint density at radius 3 is 2.53 bits per heavy atom. The van der Waals surface area contributed by atoms with Gasteiger partial charge in [0.1, 0.15) is 11.4 Å². The maximum Gasteiger partial charge on any atom is 0.221 e. The molecule has 1 aromatic heterocycles. The number of nitrogens with zero attached hydrogens (tertiary/aromatic N) is 1. The minimum absolute atomic E-state index is 0.0888. The molecule has 2 aromatic rings. The van der Waals surface area contributed by atoms with Gasteiger partial charge in [0.05, 0.1) is 0 Å². The minimum atomic E-state index is -0.0888. The molecule has 0 saturated carbocycles. The molecule has 0 bridgehead atoms. The maximum atomic E-state index is 10.9. The summed E-state index contributed by atoms with van der Waals surface area (Å²) in [6, 6.07) is 7.45. The van der Waals surface area contributed by atoms with E-state index in [1.807, 2.05) is 30.3 Å². The van der Waals surface area contributed by atoms with Crippen LogP contribution in [0.25, 0.3) is 12.2 Å². The summed E-state index contributed by atoms with van der Waals surface area (Å²) in [5.74, 6) is 0.523. The monoisotopic (exact) mass is 257 g/mol. The number of rotatable bonds is 3. The lowest BCUT2D eigenvalue weighted by atomic mass is 10.1. The first-order chi connectivity index (χ1) is 9.06. The van der Waals surface area contributed by atoms with E-state index in [1.54, 1.807) is 13.0 Å². The maximum absolute atomic E-state index is 10.9. The molecule has 0 atom stereocenters. The number of amides is 1. The summed E-state index contributed by atoms with van der Waals surface area (Å²) in [4.78, 5) is 10.9. The third-order valence-electron chi connectivity index (χ3n) is 2.60. The molecule has 0 aliphatic rings. The standard InChI is InChI=1S/C14H15N3O2/c1-9-14(15)13(17-19-9)8-5-11-3-6-12(7-4-11)16-10(2)18/h3-8H,15H2,1-2H3,(H,16,18). The zero-order valence-electron chi connectivity index (χ0n) is 10.8. The number of benzene rings is 1. The number of hydrogen-bond donors (Lipinski definition) is 2. The van der Waals surface area contributed by atoms with Gasteiger partial charge in [-0.15, -0.1) is 0 Å². The Morgan fingerprint density at radius 1 is 1.32 bits per heavy atom. The first kappa shape index (κ1) is 12.9. The van der Waals surface area contributed by atoms with Gasteiger partial charge in [0.15, 0.2) is 5.76 Å². The molecule has 3 N–H and O–H groups in total. The Kier molecular flexibility index (Phi) is 3.66. The molecule has 1 heterocycles. The number of anilines is 2. The second-order valence-electron chi connectivity index (χ2n) is 4.17. The normalized spacial score (nSPS) is 10.8. The number of aryl methyl sites for hydroxylation is 1. The Bertz CT molecular complexity index is 612. The Balaban J connectivity index is 2.11. The van der Waals surface area contributed by atoms with Crippen molar-refractivity contribution >= 4 is 29.4 Å². The van der Waals surface area contributed by atoms with Crippen LogP contribution in [-0.4, -0.2) is 11.1 Å². The van der Waals surface area contributed by atoms with Crippen molar-refractivity contribution in [1.29, 1.82) is 0 Å². The molecule has 98 valence electrons. The average Bonchev–Trinajstić information content (AvgIpc) is 2.69. The second kappa shape index (κ2) is 5.39. The van der Waals surface area contributed by atoms with E-state index >= 15 is 0 Å². The fraction of sp³-hybridized carbons (Fsp3) is 0.143. The van der Waals surface area contributed by atoms with Gasteiger partial charge in [-0.2, -0.15) is 0 Å². The van der Waals surface area contributed by atoms with Crippen molar-refractivity contribution in [1.82, 2.24) is 5.16 Å². The predicted molar refractivity (Wildman–Crippen MR) is 75.3 cm³/mol. The van der Waals surface area contributed by atoms with Gasteiger partial charge in [0, 0.05) is 12.6 Å². The molecule has 0 radical (unpaired) electrons. The number of nitrogens with one attached hydrogen (secondary N) is 1. The van der Waals surface area contributed by atoms with Gasteiger partial charge in [-0.1, -0.05) is 23.4 Å². The molecule has 5 heteroatoms. The second-order valence-corrected chi connectivity index (χ2v) is 4.17. The smallest absolute Gasteiger partial charge is 0.221 e. The summed E-state index contributed by atoms with van der Waals surface area (Å²) in [6.07, 6.45) is 3.67. The molecule has 0 aliphatic carbocycles. The van der Waals surface area contributed by atoms with E-state index in [0.29, 0.717) is 17.1 Å². The first-order valence-corrected chi connectivity index (χ1v) is 5.84. The highest BCUT2D eigenvalue weighted by molar-refractivity contribution is 5.88. The van der Waals surface area contributed by atoms with Crippen LogP contribution in [0, 0.1) is 6.92 Å². The molecular formula is C14H15N3O2. The van der Waals surface area contributed by atoms with E-state index in [2.05, 4.69) is 10.5 Å². The zero-order valence-corrected chi connectivity index (χ0v) is 10.8. The highest BCUT2D eigenvalue weighted by Crippen LogP contribution is 2.18. The fourth-order valence-corrected chi connectivity index (χ4v) is 1.57. The van der Waals surface area contributed by atoms with E-state index in [1.165, 1.54) is 6.92 Å². The van der Waals surface area contributed by atoms with Crippen LogP contribution in [0.3, 0.4) is 0 Å². The van der Waals surface area contributed by atoms with Crippen LogP contribution in [0.2, 0.25) is 0 Å². The largest absolute Gasteiger partial charge is 0.394 e. The number of aromatic nitrogens is 1. The lowest BCUT2D eigenvalue weighted by Crippen LogP contribution is -2.05. The average molecular weight is 257 g/mol. The van der Waals surface area contributed by atoms with Crippen molar-refractivity contribution in [2.24, 2.45) is 0 Å². The number of nitrogen functional groups attached to an aromatic ring is 1. The van der Waals surface area contributed by atoms with Crippen molar-refractivity contribution in [2.75, 3.05) is 11.1 Å². The van der Waals surface area contributed by atoms with Crippen molar-refractivity contribution in [2.45, 2.75) is 13.8 Å². The van der Waals surface area contributed by atoms with Crippen molar-refractivity contribution in [3.63, 3.8) is 0 Å². The quantitative estimate of drug-likeness (QED) is 0.885. The van der Waals surface area contributed by atoms with Crippen LogP contribution in [0.5, 0.6) is 0 Å². The van der Waals surface area contributed by atoms with Crippen molar-refractivity contribution in [3.8, 4) is 0 Å². The van der Waals surface area contributed by atoms with Gasteiger partial charge in [0.2, 0.25) is 5.91 Å². The fourth-order valence-electron chi connectivity index (χ4n) is 1.57. The van der Waals surface area contributed by atoms with Gasteiger partial charge in [0.25, 0.3) is 0 Å². The van der Waals surface area contributed by atoms with Crippen LogP contribution in [0.15, 0.2) is 28.8 Å². The third-order valence-corrected chi connectivity index (χ3v) is 2.60. The molecule has 2 rings (SSSR count). The van der Waals surface area contributed by atoms with E-state index < -0.39 is 0 Å². The summed E-state index contributed by atoms with van der Waals surface area (Å²) >= 11 is 0. The number of carbonyl (C=O) groups excluding carboxylic acids is 1. The summed E-state index contributed by atoms with van der Waals surface area (Å²) in [6.45, 7) is 3.24. The summed E-state index contributed by atoms with van der Waals surface area (Å²) in [7, 11) is 0. The number of nitrogens with two attached hydrogens (primary N) is 1.